The quantitative estimate of drug-likeness (QED) is 0.367. The SMILES string of the molecule is COc1cc2c(=O)c(S(=O)(=O)c3ccc(Cl)cc3)cn(Cc3cc(C)ccc3C)c2cc1OC. The van der Waals surface area contributed by atoms with E-state index in [0.717, 1.165) is 16.7 Å². The average molecular weight is 498 g/mol. The van der Waals surface area contributed by atoms with Crippen LogP contribution in [0, 0.1) is 13.8 Å². The fraction of sp³-hybridized carbons (Fsp3) is 0.192. The van der Waals surface area contributed by atoms with Crippen LogP contribution in [0.1, 0.15) is 16.7 Å². The van der Waals surface area contributed by atoms with E-state index in [1.807, 2.05) is 32.0 Å². The van der Waals surface area contributed by atoms with Crippen LogP contribution in [0.2, 0.25) is 5.02 Å². The van der Waals surface area contributed by atoms with E-state index in [-0.39, 0.29) is 15.2 Å². The van der Waals surface area contributed by atoms with Crippen molar-refractivity contribution in [2.45, 2.75) is 30.2 Å². The molecule has 0 unspecified atom stereocenters. The molecule has 0 aliphatic rings. The third-order valence-electron chi connectivity index (χ3n) is 5.81. The highest BCUT2D eigenvalue weighted by Gasteiger charge is 2.25. The summed E-state index contributed by atoms with van der Waals surface area (Å²) in [6.45, 7) is 4.36. The van der Waals surface area contributed by atoms with Gasteiger partial charge in [0.25, 0.3) is 0 Å². The fourth-order valence-corrected chi connectivity index (χ4v) is 5.40. The molecule has 34 heavy (non-hydrogen) atoms. The van der Waals surface area contributed by atoms with Gasteiger partial charge in [-0.2, -0.15) is 0 Å². The van der Waals surface area contributed by atoms with E-state index in [1.165, 1.54) is 50.7 Å². The highest BCUT2D eigenvalue weighted by atomic mass is 35.5. The summed E-state index contributed by atoms with van der Waals surface area (Å²) >= 11 is 5.94. The number of aromatic nitrogens is 1. The minimum absolute atomic E-state index is 0.00730. The Bertz CT molecular complexity index is 1560. The molecule has 6 nitrogen and oxygen atoms in total. The number of benzene rings is 3. The maximum Gasteiger partial charge on any atom is 0.211 e. The second kappa shape index (κ2) is 9.16. The Kier molecular flexibility index (Phi) is 6.43. The van der Waals surface area contributed by atoms with Gasteiger partial charge in [0.05, 0.1) is 30.0 Å². The Morgan fingerprint density at radius 1 is 0.912 bits per heavy atom. The van der Waals surface area contributed by atoms with Gasteiger partial charge < -0.3 is 14.0 Å². The lowest BCUT2D eigenvalue weighted by Gasteiger charge is -2.17. The molecule has 0 bridgehead atoms. The molecule has 0 spiro atoms. The van der Waals surface area contributed by atoms with Gasteiger partial charge in [-0.1, -0.05) is 35.4 Å². The molecular weight excluding hydrogens is 474 g/mol. The first kappa shape index (κ1) is 23.9. The predicted molar refractivity (Wildman–Crippen MR) is 133 cm³/mol. The molecule has 0 saturated carbocycles. The second-order valence-electron chi connectivity index (χ2n) is 8.06. The summed E-state index contributed by atoms with van der Waals surface area (Å²) in [7, 11) is -1.14. The number of nitrogens with zero attached hydrogens (tertiary/aromatic N) is 1. The maximum absolute atomic E-state index is 13.5. The molecular formula is C26H24ClNO5S. The number of hydrogen-bond acceptors (Lipinski definition) is 5. The number of methoxy groups -OCH3 is 2. The molecule has 4 rings (SSSR count). The minimum atomic E-state index is -4.11. The minimum Gasteiger partial charge on any atom is -0.493 e. The van der Waals surface area contributed by atoms with Crippen molar-refractivity contribution >= 4 is 32.3 Å². The van der Waals surface area contributed by atoms with Gasteiger partial charge in [0.15, 0.2) is 11.5 Å². The summed E-state index contributed by atoms with van der Waals surface area (Å²) in [4.78, 5) is 13.2. The molecule has 0 aliphatic heterocycles. The first-order chi connectivity index (χ1) is 16.1. The van der Waals surface area contributed by atoms with Crippen LogP contribution >= 0.6 is 11.6 Å². The maximum atomic E-state index is 13.5. The van der Waals surface area contributed by atoms with E-state index in [4.69, 9.17) is 21.1 Å². The van der Waals surface area contributed by atoms with Gasteiger partial charge in [-0.15, -0.1) is 0 Å². The number of halogens is 1. The summed E-state index contributed by atoms with van der Waals surface area (Å²) in [5.41, 5.74) is 3.08. The van der Waals surface area contributed by atoms with E-state index < -0.39 is 15.3 Å². The van der Waals surface area contributed by atoms with Crippen LogP contribution in [-0.4, -0.2) is 27.2 Å². The molecule has 0 saturated heterocycles. The lowest BCUT2D eigenvalue weighted by Crippen LogP contribution is -2.20. The first-order valence-electron chi connectivity index (χ1n) is 10.5. The van der Waals surface area contributed by atoms with Crippen molar-refractivity contribution in [1.82, 2.24) is 4.57 Å². The number of rotatable bonds is 6. The van der Waals surface area contributed by atoms with Gasteiger partial charge in [0.1, 0.15) is 4.90 Å². The molecule has 4 aromatic rings. The number of fused-ring (bicyclic) bond motifs is 1. The number of aryl methyl sites for hydroxylation is 2. The van der Waals surface area contributed by atoms with Gasteiger partial charge in [0, 0.05) is 23.8 Å². The normalized spacial score (nSPS) is 11.6. The summed E-state index contributed by atoms with van der Waals surface area (Å²) in [6, 6.07) is 15.1. The number of pyridine rings is 1. The molecule has 0 amide bonds. The van der Waals surface area contributed by atoms with Crippen molar-refractivity contribution in [1.29, 1.82) is 0 Å². The van der Waals surface area contributed by atoms with Crippen LogP contribution in [-0.2, 0) is 16.4 Å². The topological polar surface area (TPSA) is 74.6 Å². The molecule has 8 heteroatoms. The van der Waals surface area contributed by atoms with E-state index in [0.29, 0.717) is 28.6 Å². The van der Waals surface area contributed by atoms with Crippen LogP contribution in [0.25, 0.3) is 10.9 Å². The Morgan fingerprint density at radius 3 is 2.21 bits per heavy atom. The van der Waals surface area contributed by atoms with Crippen molar-refractivity contribution in [3.05, 3.63) is 92.7 Å². The fourth-order valence-electron chi connectivity index (χ4n) is 3.91. The van der Waals surface area contributed by atoms with Gasteiger partial charge in [-0.05, 0) is 55.3 Å². The molecule has 0 aliphatic carbocycles. The van der Waals surface area contributed by atoms with Crippen LogP contribution in [0.3, 0.4) is 0 Å². The van der Waals surface area contributed by atoms with Crippen molar-refractivity contribution in [3.63, 3.8) is 0 Å². The van der Waals surface area contributed by atoms with Crippen molar-refractivity contribution in [2.24, 2.45) is 0 Å². The Morgan fingerprint density at radius 2 is 1.56 bits per heavy atom. The molecule has 0 N–H and O–H groups in total. The Hall–Kier alpha value is -3.29. The van der Waals surface area contributed by atoms with Crippen LogP contribution in [0.15, 0.2) is 75.4 Å². The van der Waals surface area contributed by atoms with E-state index in [2.05, 4.69) is 0 Å². The van der Waals surface area contributed by atoms with Gasteiger partial charge in [-0.25, -0.2) is 8.42 Å². The summed E-state index contributed by atoms with van der Waals surface area (Å²) < 4.78 is 39.6. The highest BCUT2D eigenvalue weighted by Crippen LogP contribution is 2.32. The molecule has 1 aromatic heterocycles. The van der Waals surface area contributed by atoms with Gasteiger partial charge in [0.2, 0.25) is 15.3 Å². The molecule has 1 heterocycles. The lowest BCUT2D eigenvalue weighted by molar-refractivity contribution is 0.355. The summed E-state index contributed by atoms with van der Waals surface area (Å²) in [5, 5.41) is 0.625. The predicted octanol–water partition coefficient (Wildman–Crippen LogP) is 5.17. The summed E-state index contributed by atoms with van der Waals surface area (Å²) in [6.07, 6.45) is 1.41. The van der Waals surface area contributed by atoms with Gasteiger partial charge >= 0.3 is 0 Å². The standard InChI is InChI=1S/C26H24ClNO5S/c1-16-5-6-17(2)18(11-16)14-28-15-25(34(30,31)20-9-7-19(27)8-10-20)26(29)21-12-23(32-3)24(33-4)13-22(21)28/h5-13,15H,14H2,1-4H3. The van der Waals surface area contributed by atoms with Crippen LogP contribution < -0.4 is 14.9 Å². The number of sulfone groups is 1. The molecule has 0 fully saturated rings. The zero-order valence-electron chi connectivity index (χ0n) is 19.3. The summed E-state index contributed by atoms with van der Waals surface area (Å²) in [5.74, 6) is 0.781. The Labute approximate surface area is 203 Å². The van der Waals surface area contributed by atoms with Gasteiger partial charge in [-0.3, -0.25) is 4.79 Å². The Balaban J connectivity index is 2.04. The molecule has 3 aromatic carbocycles. The van der Waals surface area contributed by atoms with E-state index in [9.17, 15) is 13.2 Å². The third-order valence-corrected chi connectivity index (χ3v) is 7.83. The van der Waals surface area contributed by atoms with Crippen molar-refractivity contribution in [3.8, 4) is 11.5 Å². The van der Waals surface area contributed by atoms with E-state index in [1.54, 1.807) is 10.6 Å². The first-order valence-corrected chi connectivity index (χ1v) is 12.4. The average Bonchev–Trinajstić information content (AvgIpc) is 2.82. The van der Waals surface area contributed by atoms with Crippen LogP contribution in [0.5, 0.6) is 11.5 Å². The number of ether oxygens (including phenoxy) is 2. The smallest absolute Gasteiger partial charge is 0.211 e. The highest BCUT2D eigenvalue weighted by molar-refractivity contribution is 7.91. The molecule has 0 radical (unpaired) electrons. The lowest BCUT2D eigenvalue weighted by atomic mass is 10.1. The number of hydrogen-bond donors (Lipinski definition) is 0. The zero-order chi connectivity index (χ0) is 24.6. The van der Waals surface area contributed by atoms with Crippen molar-refractivity contribution in [2.75, 3.05) is 14.2 Å². The zero-order valence-corrected chi connectivity index (χ0v) is 20.8. The van der Waals surface area contributed by atoms with Crippen molar-refractivity contribution < 1.29 is 17.9 Å². The molecule has 176 valence electrons. The third kappa shape index (κ3) is 4.29. The monoisotopic (exact) mass is 497 g/mol. The molecule has 0 atom stereocenters. The van der Waals surface area contributed by atoms with Crippen LogP contribution in [0.4, 0.5) is 0 Å². The van der Waals surface area contributed by atoms with E-state index >= 15 is 0 Å². The second-order valence-corrected chi connectivity index (χ2v) is 10.4. The largest absolute Gasteiger partial charge is 0.493 e.